The molecule has 0 saturated carbocycles. The maximum Gasteiger partial charge on any atom is 0.416 e. The number of amides is 2. The van der Waals surface area contributed by atoms with Crippen molar-refractivity contribution in [2.75, 3.05) is 13.1 Å². The predicted octanol–water partition coefficient (Wildman–Crippen LogP) is 2.63. The lowest BCUT2D eigenvalue weighted by atomic mass is 9.83. The van der Waals surface area contributed by atoms with Crippen LogP contribution in [0.15, 0.2) is 24.3 Å². The maximum absolute atomic E-state index is 12.8. The average Bonchev–Trinajstić information content (AvgIpc) is 2.53. The lowest BCUT2D eigenvalue weighted by Gasteiger charge is -2.28. The number of carbonyl (C=O) groups is 2. The Labute approximate surface area is 138 Å². The van der Waals surface area contributed by atoms with Crippen LogP contribution in [0, 0.1) is 5.92 Å². The second-order valence-electron chi connectivity index (χ2n) is 6.72. The molecule has 2 rings (SSSR count). The molecule has 0 radical (unpaired) electrons. The first-order chi connectivity index (χ1) is 11.1. The van der Waals surface area contributed by atoms with Crippen LogP contribution in [0.1, 0.15) is 37.8 Å². The molecule has 24 heavy (non-hydrogen) atoms. The Morgan fingerprint density at radius 3 is 2.54 bits per heavy atom. The minimum absolute atomic E-state index is 0.0663. The third kappa shape index (κ3) is 4.49. The number of nitrogens with one attached hydrogen (secondary N) is 2. The maximum atomic E-state index is 12.8. The molecule has 1 aromatic rings. The van der Waals surface area contributed by atoms with Crippen LogP contribution in [0.5, 0.6) is 0 Å². The molecule has 2 N–H and O–H groups in total. The molecule has 1 aromatic carbocycles. The van der Waals surface area contributed by atoms with Gasteiger partial charge in [0.15, 0.2) is 0 Å². The van der Waals surface area contributed by atoms with E-state index in [0.29, 0.717) is 24.9 Å². The summed E-state index contributed by atoms with van der Waals surface area (Å²) in [5.41, 5.74) is -0.835. The standard InChI is InChI=1S/C17H21F3N2O2/c1-16(2,12-4-3-5-13(8-12)17(18,19)20)10-22-15(24)11-6-7-14(23)21-9-11/h3-5,8,11H,6-7,9-10H2,1-2H3,(H,21,23)(H,22,24)/t11-/m0/s1. The average molecular weight is 342 g/mol. The Kier molecular flexibility index (Phi) is 5.20. The van der Waals surface area contributed by atoms with Crippen molar-refractivity contribution in [3.8, 4) is 0 Å². The largest absolute Gasteiger partial charge is 0.416 e. The van der Waals surface area contributed by atoms with Crippen LogP contribution in [-0.4, -0.2) is 24.9 Å². The number of carbonyl (C=O) groups excluding carboxylic acids is 2. The Morgan fingerprint density at radius 1 is 1.29 bits per heavy atom. The highest BCUT2D eigenvalue weighted by Crippen LogP contribution is 2.32. The number of hydrogen-bond acceptors (Lipinski definition) is 2. The van der Waals surface area contributed by atoms with Gasteiger partial charge in [0, 0.05) is 24.9 Å². The molecule has 1 aliphatic heterocycles. The molecule has 1 saturated heterocycles. The molecule has 2 amide bonds. The molecule has 4 nitrogen and oxygen atoms in total. The summed E-state index contributed by atoms with van der Waals surface area (Å²) in [6.45, 7) is 4.09. The summed E-state index contributed by atoms with van der Waals surface area (Å²) in [6, 6.07) is 5.15. The van der Waals surface area contributed by atoms with Crippen molar-refractivity contribution in [1.29, 1.82) is 0 Å². The van der Waals surface area contributed by atoms with Crippen molar-refractivity contribution < 1.29 is 22.8 Å². The minimum Gasteiger partial charge on any atom is -0.355 e. The quantitative estimate of drug-likeness (QED) is 0.884. The van der Waals surface area contributed by atoms with Crippen molar-refractivity contribution in [3.63, 3.8) is 0 Å². The molecular formula is C17H21F3N2O2. The summed E-state index contributed by atoms with van der Waals surface area (Å²) in [5, 5.41) is 5.43. The van der Waals surface area contributed by atoms with E-state index in [1.54, 1.807) is 19.9 Å². The van der Waals surface area contributed by atoms with Gasteiger partial charge in [-0.25, -0.2) is 0 Å². The van der Waals surface area contributed by atoms with Crippen molar-refractivity contribution in [3.05, 3.63) is 35.4 Å². The number of piperidine rings is 1. The van der Waals surface area contributed by atoms with E-state index in [0.717, 1.165) is 12.1 Å². The summed E-state index contributed by atoms with van der Waals surface area (Å²) in [4.78, 5) is 23.3. The number of benzene rings is 1. The summed E-state index contributed by atoms with van der Waals surface area (Å²) in [7, 11) is 0. The molecule has 132 valence electrons. The van der Waals surface area contributed by atoms with Crippen LogP contribution < -0.4 is 10.6 Å². The molecule has 0 bridgehead atoms. The number of rotatable bonds is 4. The smallest absolute Gasteiger partial charge is 0.355 e. The van der Waals surface area contributed by atoms with E-state index in [1.165, 1.54) is 6.07 Å². The van der Waals surface area contributed by atoms with Gasteiger partial charge in [-0.2, -0.15) is 13.2 Å². The molecule has 0 aromatic heterocycles. The number of hydrogen-bond donors (Lipinski definition) is 2. The van der Waals surface area contributed by atoms with Crippen molar-refractivity contribution in [2.45, 2.75) is 38.3 Å². The van der Waals surface area contributed by atoms with Crippen LogP contribution >= 0.6 is 0 Å². The lowest BCUT2D eigenvalue weighted by molar-refractivity contribution is -0.137. The Bertz CT molecular complexity index is 617. The van der Waals surface area contributed by atoms with E-state index < -0.39 is 17.2 Å². The van der Waals surface area contributed by atoms with Gasteiger partial charge in [-0.05, 0) is 18.1 Å². The minimum atomic E-state index is -4.39. The highest BCUT2D eigenvalue weighted by atomic mass is 19.4. The fourth-order valence-electron chi connectivity index (χ4n) is 2.63. The Hall–Kier alpha value is -2.05. The van der Waals surface area contributed by atoms with Gasteiger partial charge in [-0.15, -0.1) is 0 Å². The second kappa shape index (κ2) is 6.83. The summed E-state index contributed by atoms with van der Waals surface area (Å²) >= 11 is 0. The van der Waals surface area contributed by atoms with Gasteiger partial charge < -0.3 is 10.6 Å². The Balaban J connectivity index is 2.00. The SMILES string of the molecule is CC(C)(CNC(=O)[C@H]1CCC(=O)NC1)c1cccc(C(F)(F)F)c1. The predicted molar refractivity (Wildman–Crippen MR) is 83.2 cm³/mol. The van der Waals surface area contributed by atoms with E-state index in [4.69, 9.17) is 0 Å². The second-order valence-corrected chi connectivity index (χ2v) is 6.72. The summed E-state index contributed by atoms with van der Waals surface area (Å²) in [6.07, 6.45) is -3.59. The van der Waals surface area contributed by atoms with Gasteiger partial charge in [0.05, 0.1) is 11.5 Å². The number of halogens is 3. The molecule has 0 aliphatic carbocycles. The molecule has 1 aliphatic rings. The van der Waals surface area contributed by atoms with E-state index in [2.05, 4.69) is 10.6 Å². The van der Waals surface area contributed by atoms with Crippen LogP contribution in [0.25, 0.3) is 0 Å². The van der Waals surface area contributed by atoms with Crippen LogP contribution in [-0.2, 0) is 21.2 Å². The monoisotopic (exact) mass is 342 g/mol. The first-order valence-corrected chi connectivity index (χ1v) is 7.82. The molecule has 1 atom stereocenters. The third-order valence-corrected chi connectivity index (χ3v) is 4.31. The third-order valence-electron chi connectivity index (χ3n) is 4.31. The fourth-order valence-corrected chi connectivity index (χ4v) is 2.63. The summed E-state index contributed by atoms with van der Waals surface area (Å²) in [5.74, 6) is -0.543. The molecule has 0 unspecified atom stereocenters. The number of alkyl halides is 3. The van der Waals surface area contributed by atoms with Crippen LogP contribution in [0.4, 0.5) is 13.2 Å². The van der Waals surface area contributed by atoms with Gasteiger partial charge in [0.2, 0.25) is 11.8 Å². The topological polar surface area (TPSA) is 58.2 Å². The first-order valence-electron chi connectivity index (χ1n) is 7.82. The van der Waals surface area contributed by atoms with Crippen molar-refractivity contribution >= 4 is 11.8 Å². The van der Waals surface area contributed by atoms with Gasteiger partial charge in [0.25, 0.3) is 0 Å². The van der Waals surface area contributed by atoms with Crippen LogP contribution in [0.2, 0.25) is 0 Å². The van der Waals surface area contributed by atoms with E-state index in [1.807, 2.05) is 0 Å². The lowest BCUT2D eigenvalue weighted by Crippen LogP contribution is -2.45. The summed E-state index contributed by atoms with van der Waals surface area (Å²) < 4.78 is 38.5. The zero-order chi connectivity index (χ0) is 18.0. The zero-order valence-corrected chi connectivity index (χ0v) is 13.7. The zero-order valence-electron chi connectivity index (χ0n) is 13.7. The van der Waals surface area contributed by atoms with E-state index in [9.17, 15) is 22.8 Å². The molecular weight excluding hydrogens is 321 g/mol. The normalized spacial score (nSPS) is 18.9. The molecule has 0 spiro atoms. The van der Waals surface area contributed by atoms with Crippen molar-refractivity contribution in [2.24, 2.45) is 5.92 Å². The Morgan fingerprint density at radius 2 is 1.96 bits per heavy atom. The van der Waals surface area contributed by atoms with Gasteiger partial charge >= 0.3 is 6.18 Å². The van der Waals surface area contributed by atoms with Gasteiger partial charge in [-0.3, -0.25) is 9.59 Å². The van der Waals surface area contributed by atoms with Crippen LogP contribution in [0.3, 0.4) is 0 Å². The van der Waals surface area contributed by atoms with E-state index >= 15 is 0 Å². The highest BCUT2D eigenvalue weighted by molar-refractivity contribution is 5.83. The molecule has 1 fully saturated rings. The first kappa shape index (κ1) is 18.3. The van der Waals surface area contributed by atoms with Crippen molar-refractivity contribution in [1.82, 2.24) is 10.6 Å². The molecule has 7 heteroatoms. The fraction of sp³-hybridized carbons (Fsp3) is 0.529. The van der Waals surface area contributed by atoms with Gasteiger partial charge in [-0.1, -0.05) is 32.0 Å². The highest BCUT2D eigenvalue weighted by Gasteiger charge is 2.32. The van der Waals surface area contributed by atoms with Gasteiger partial charge in [0.1, 0.15) is 0 Å². The van der Waals surface area contributed by atoms with E-state index in [-0.39, 0.29) is 24.3 Å². The molecule has 1 heterocycles.